The van der Waals surface area contributed by atoms with Gasteiger partial charge in [-0.25, -0.2) is 0 Å². The molecule has 1 amide bonds. The van der Waals surface area contributed by atoms with Crippen LogP contribution in [-0.2, 0) is 11.3 Å². The largest absolute Gasteiger partial charge is 0.503 e. The van der Waals surface area contributed by atoms with Gasteiger partial charge in [0.15, 0.2) is 5.76 Å². The average molecular weight is 455 g/mol. The van der Waals surface area contributed by atoms with E-state index in [2.05, 4.69) is 15.9 Å². The number of nitrogens with zero attached hydrogens (tertiary/aromatic N) is 1. The summed E-state index contributed by atoms with van der Waals surface area (Å²) >= 11 is 9.60. The van der Waals surface area contributed by atoms with E-state index in [1.807, 2.05) is 66.7 Å². The van der Waals surface area contributed by atoms with Gasteiger partial charge in [-0.2, -0.15) is 0 Å². The van der Waals surface area contributed by atoms with E-state index in [1.165, 1.54) is 0 Å². The highest BCUT2D eigenvalue weighted by Gasteiger charge is 2.41. The lowest BCUT2D eigenvalue weighted by Crippen LogP contribution is -2.30. The number of benzene rings is 3. The predicted molar refractivity (Wildman–Crippen MR) is 115 cm³/mol. The van der Waals surface area contributed by atoms with E-state index < -0.39 is 6.04 Å². The Kier molecular flexibility index (Phi) is 5.25. The van der Waals surface area contributed by atoms with E-state index >= 15 is 0 Å². The van der Waals surface area contributed by atoms with E-state index in [-0.39, 0.29) is 11.7 Å². The molecule has 1 atom stereocenters. The van der Waals surface area contributed by atoms with Crippen LogP contribution in [-0.4, -0.2) is 15.9 Å². The fourth-order valence-corrected chi connectivity index (χ4v) is 4.16. The Hall–Kier alpha value is -2.56. The Balaban J connectivity index is 1.83. The van der Waals surface area contributed by atoms with Crippen LogP contribution in [0.3, 0.4) is 0 Å². The van der Waals surface area contributed by atoms with Crippen molar-refractivity contribution in [2.75, 3.05) is 0 Å². The minimum Gasteiger partial charge on any atom is -0.503 e. The molecule has 0 saturated heterocycles. The van der Waals surface area contributed by atoms with Crippen molar-refractivity contribution < 1.29 is 9.90 Å². The molecule has 4 rings (SSSR count). The van der Waals surface area contributed by atoms with Crippen LogP contribution in [0.15, 0.2) is 89.1 Å². The van der Waals surface area contributed by atoms with Gasteiger partial charge in [0.05, 0.1) is 6.04 Å². The van der Waals surface area contributed by atoms with Crippen LogP contribution in [0.25, 0.3) is 5.57 Å². The molecular formula is C23H17BrClNO2. The first-order chi connectivity index (χ1) is 13.6. The number of halogens is 2. The Bertz CT molecular complexity index is 1050. The zero-order chi connectivity index (χ0) is 19.7. The smallest absolute Gasteiger partial charge is 0.290 e. The number of carbonyl (C=O) groups is 1. The fourth-order valence-electron chi connectivity index (χ4n) is 3.54. The summed E-state index contributed by atoms with van der Waals surface area (Å²) in [4.78, 5) is 14.7. The molecule has 5 heteroatoms. The van der Waals surface area contributed by atoms with E-state index in [0.29, 0.717) is 17.1 Å². The number of aliphatic hydroxyl groups excluding tert-OH is 1. The summed E-state index contributed by atoms with van der Waals surface area (Å²) in [5.41, 5.74) is 3.31. The molecule has 1 aliphatic rings. The molecule has 0 aromatic heterocycles. The maximum absolute atomic E-state index is 13.0. The highest BCUT2D eigenvalue weighted by molar-refractivity contribution is 9.10. The molecular weight excluding hydrogens is 438 g/mol. The third-order valence-electron chi connectivity index (χ3n) is 4.85. The van der Waals surface area contributed by atoms with Crippen molar-refractivity contribution in [2.45, 2.75) is 12.6 Å². The zero-order valence-corrected chi connectivity index (χ0v) is 17.2. The number of rotatable bonds is 4. The minimum absolute atomic E-state index is 0.207. The van der Waals surface area contributed by atoms with E-state index in [0.717, 1.165) is 21.2 Å². The molecule has 3 aromatic carbocycles. The Morgan fingerprint density at radius 3 is 2.25 bits per heavy atom. The first-order valence-electron chi connectivity index (χ1n) is 8.84. The normalized spacial score (nSPS) is 16.7. The average Bonchev–Trinajstić information content (AvgIpc) is 2.95. The first kappa shape index (κ1) is 18.8. The molecule has 28 heavy (non-hydrogen) atoms. The van der Waals surface area contributed by atoms with Crippen LogP contribution in [0.5, 0.6) is 0 Å². The van der Waals surface area contributed by atoms with Gasteiger partial charge in [-0.05, 0) is 34.9 Å². The lowest BCUT2D eigenvalue weighted by molar-refractivity contribution is -0.130. The van der Waals surface area contributed by atoms with Crippen LogP contribution >= 0.6 is 27.5 Å². The molecule has 0 radical (unpaired) electrons. The molecule has 1 heterocycles. The Morgan fingerprint density at radius 1 is 0.929 bits per heavy atom. The molecule has 3 nitrogen and oxygen atoms in total. The third kappa shape index (κ3) is 3.46. The van der Waals surface area contributed by atoms with Crippen LogP contribution in [0, 0.1) is 0 Å². The van der Waals surface area contributed by atoms with Crippen molar-refractivity contribution in [1.29, 1.82) is 0 Å². The van der Waals surface area contributed by atoms with Crippen molar-refractivity contribution in [3.63, 3.8) is 0 Å². The van der Waals surface area contributed by atoms with Gasteiger partial charge < -0.3 is 10.0 Å². The van der Waals surface area contributed by atoms with Crippen LogP contribution in [0.1, 0.15) is 22.7 Å². The molecule has 3 aromatic rings. The second kappa shape index (κ2) is 7.82. The van der Waals surface area contributed by atoms with Gasteiger partial charge in [0.25, 0.3) is 5.91 Å². The van der Waals surface area contributed by atoms with Gasteiger partial charge in [0.2, 0.25) is 0 Å². The minimum atomic E-state index is -0.402. The second-order valence-corrected chi connectivity index (χ2v) is 7.90. The second-order valence-electron chi connectivity index (χ2n) is 6.61. The van der Waals surface area contributed by atoms with Crippen molar-refractivity contribution in [3.8, 4) is 0 Å². The number of amides is 1. The molecule has 0 saturated carbocycles. The van der Waals surface area contributed by atoms with Gasteiger partial charge in [-0.15, -0.1) is 0 Å². The molecule has 0 unspecified atom stereocenters. The third-order valence-corrected chi connectivity index (χ3v) is 5.83. The number of hydrogen-bond acceptors (Lipinski definition) is 2. The number of aliphatic hydroxyl groups is 1. The van der Waals surface area contributed by atoms with Gasteiger partial charge in [-0.3, -0.25) is 4.79 Å². The SMILES string of the molecule is O=C1C(O)=C(c2ccccc2)[C@H](c2ccccc2Br)N1Cc1ccc(Cl)cc1. The van der Waals surface area contributed by atoms with Gasteiger partial charge >= 0.3 is 0 Å². The maximum Gasteiger partial charge on any atom is 0.290 e. The number of hydrogen-bond donors (Lipinski definition) is 1. The van der Waals surface area contributed by atoms with Crippen LogP contribution in [0.4, 0.5) is 0 Å². The van der Waals surface area contributed by atoms with E-state index in [9.17, 15) is 9.90 Å². The highest BCUT2D eigenvalue weighted by atomic mass is 79.9. The molecule has 0 fully saturated rings. The summed E-state index contributed by atoms with van der Waals surface area (Å²) in [7, 11) is 0. The fraction of sp³-hybridized carbons (Fsp3) is 0.0870. The highest BCUT2D eigenvalue weighted by Crippen LogP contribution is 2.45. The Morgan fingerprint density at radius 2 is 1.57 bits per heavy atom. The standard InChI is InChI=1S/C23H17BrClNO2/c24-19-9-5-4-8-18(19)21-20(16-6-2-1-3-7-16)22(27)23(28)26(21)14-15-10-12-17(25)13-11-15/h1-13,21,27H,14H2/t21-/m0/s1. The van der Waals surface area contributed by atoms with Gasteiger partial charge in [0.1, 0.15) is 0 Å². The predicted octanol–water partition coefficient (Wildman–Crippen LogP) is 6.16. The molecule has 0 spiro atoms. The number of carbonyl (C=O) groups excluding carboxylic acids is 1. The quantitative estimate of drug-likeness (QED) is 0.513. The maximum atomic E-state index is 13.0. The van der Waals surface area contributed by atoms with Crippen molar-refractivity contribution in [2.24, 2.45) is 0 Å². The summed E-state index contributed by atoms with van der Waals surface area (Å²) < 4.78 is 0.886. The monoisotopic (exact) mass is 453 g/mol. The van der Waals surface area contributed by atoms with Gasteiger partial charge in [-0.1, -0.05) is 88.2 Å². The first-order valence-corrected chi connectivity index (χ1v) is 10.0. The zero-order valence-electron chi connectivity index (χ0n) is 14.8. The molecule has 0 aliphatic carbocycles. The molecule has 140 valence electrons. The van der Waals surface area contributed by atoms with Crippen molar-refractivity contribution >= 4 is 39.0 Å². The molecule has 0 bridgehead atoms. The van der Waals surface area contributed by atoms with E-state index in [1.54, 1.807) is 17.0 Å². The van der Waals surface area contributed by atoms with Gasteiger partial charge in [0, 0.05) is 21.6 Å². The lowest BCUT2D eigenvalue weighted by atomic mass is 9.93. The van der Waals surface area contributed by atoms with E-state index in [4.69, 9.17) is 11.6 Å². The van der Waals surface area contributed by atoms with Crippen molar-refractivity contribution in [3.05, 3.63) is 111 Å². The van der Waals surface area contributed by atoms with Crippen LogP contribution in [0.2, 0.25) is 5.02 Å². The summed E-state index contributed by atoms with van der Waals surface area (Å²) in [5.74, 6) is -0.588. The van der Waals surface area contributed by atoms with Crippen LogP contribution < -0.4 is 0 Å². The molecule has 1 aliphatic heterocycles. The summed E-state index contributed by atoms with van der Waals surface area (Å²) in [6.45, 7) is 0.363. The Labute approximate surface area is 177 Å². The lowest BCUT2D eigenvalue weighted by Gasteiger charge is -2.28. The topological polar surface area (TPSA) is 40.5 Å². The summed E-state index contributed by atoms with van der Waals surface area (Å²) in [6.07, 6.45) is 0. The van der Waals surface area contributed by atoms with Crippen molar-refractivity contribution in [1.82, 2.24) is 4.90 Å². The summed E-state index contributed by atoms with van der Waals surface area (Å²) in [5, 5.41) is 11.4. The molecule has 1 N–H and O–H groups in total. The summed E-state index contributed by atoms with van der Waals surface area (Å²) in [6, 6.07) is 24.3.